The van der Waals surface area contributed by atoms with E-state index in [1.165, 1.54) is 0 Å². The van der Waals surface area contributed by atoms with E-state index in [1.807, 2.05) is 20.8 Å². The van der Waals surface area contributed by atoms with Gasteiger partial charge in [0.15, 0.2) is 0 Å². The van der Waals surface area contributed by atoms with Gasteiger partial charge < -0.3 is 5.32 Å². The summed E-state index contributed by atoms with van der Waals surface area (Å²) in [6.45, 7) is 6.35. The van der Waals surface area contributed by atoms with Gasteiger partial charge in [0.2, 0.25) is 5.91 Å². The summed E-state index contributed by atoms with van der Waals surface area (Å²) >= 11 is 3.78. The Morgan fingerprint density at radius 2 is 2.09 bits per heavy atom. The fourth-order valence-corrected chi connectivity index (χ4v) is 0.912. The van der Waals surface area contributed by atoms with E-state index in [9.17, 15) is 4.79 Å². The van der Waals surface area contributed by atoms with Crippen molar-refractivity contribution in [3.8, 4) is 0 Å². The topological polar surface area (TPSA) is 41.1 Å². The molecular weight excluding hydrogens is 180 g/mol. The molecule has 5 heteroatoms. The number of carbonyl (C=O) groups is 1. The number of hydrogen-bond acceptors (Lipinski definition) is 4. The number of nitrogens with one attached hydrogen (secondary N) is 2. The van der Waals surface area contributed by atoms with Crippen molar-refractivity contribution in [2.45, 2.75) is 26.3 Å². The normalized spacial score (nSPS) is 11.3. The zero-order chi connectivity index (χ0) is 8.91. The standard InChI is InChI=1S/C6H14N2OS2/c1-6(2,3)7-4-5(9)8-11-10/h7,10H,4H2,1-3H3,(H,8,9). The van der Waals surface area contributed by atoms with Crippen LogP contribution in [0.2, 0.25) is 0 Å². The summed E-state index contributed by atoms with van der Waals surface area (Å²) in [5, 5.41) is 3.05. The Bertz CT molecular complexity index is 133. The summed E-state index contributed by atoms with van der Waals surface area (Å²) in [4.78, 5) is 10.8. The molecule has 1 amide bonds. The van der Waals surface area contributed by atoms with Gasteiger partial charge >= 0.3 is 0 Å². The molecule has 0 rings (SSSR count). The fourth-order valence-electron chi connectivity index (χ4n) is 0.432. The highest BCUT2D eigenvalue weighted by molar-refractivity contribution is 8.68. The molecule has 0 aliphatic heterocycles. The van der Waals surface area contributed by atoms with E-state index < -0.39 is 0 Å². The van der Waals surface area contributed by atoms with E-state index in [1.54, 1.807) is 0 Å². The van der Waals surface area contributed by atoms with Gasteiger partial charge in [-0.3, -0.25) is 9.52 Å². The lowest BCUT2D eigenvalue weighted by Crippen LogP contribution is -2.41. The third-order valence-electron chi connectivity index (χ3n) is 0.939. The zero-order valence-corrected chi connectivity index (χ0v) is 8.68. The Balaban J connectivity index is 3.46. The van der Waals surface area contributed by atoms with Crippen LogP contribution in [0.3, 0.4) is 0 Å². The molecule has 0 aliphatic carbocycles. The fraction of sp³-hybridized carbons (Fsp3) is 0.833. The van der Waals surface area contributed by atoms with Gasteiger partial charge in [-0.25, -0.2) is 0 Å². The van der Waals surface area contributed by atoms with Crippen molar-refractivity contribution in [2.75, 3.05) is 6.54 Å². The maximum atomic E-state index is 10.8. The number of carbonyl (C=O) groups excluding carboxylic acids is 1. The molecule has 0 atom stereocenters. The maximum Gasteiger partial charge on any atom is 0.244 e. The van der Waals surface area contributed by atoms with Gasteiger partial charge in [0.25, 0.3) is 0 Å². The summed E-state index contributed by atoms with van der Waals surface area (Å²) in [6.07, 6.45) is 0. The Kier molecular flexibility index (Phi) is 4.96. The highest BCUT2D eigenvalue weighted by Crippen LogP contribution is 1.99. The molecule has 3 nitrogen and oxygen atoms in total. The quantitative estimate of drug-likeness (QED) is 0.356. The predicted octanol–water partition coefficient (Wildman–Crippen LogP) is 0.984. The van der Waals surface area contributed by atoms with Crippen LogP contribution in [0.25, 0.3) is 0 Å². The average Bonchev–Trinajstić information content (AvgIpc) is 1.83. The van der Waals surface area contributed by atoms with E-state index in [-0.39, 0.29) is 11.4 Å². The largest absolute Gasteiger partial charge is 0.304 e. The molecule has 66 valence electrons. The minimum atomic E-state index is -0.0556. The number of hydrogen-bond donors (Lipinski definition) is 3. The number of thiol groups is 1. The molecule has 0 radical (unpaired) electrons. The number of amides is 1. The van der Waals surface area contributed by atoms with E-state index in [0.29, 0.717) is 6.54 Å². The summed E-state index contributed by atoms with van der Waals surface area (Å²) in [7, 11) is 1.02. The van der Waals surface area contributed by atoms with Crippen LogP contribution in [0.5, 0.6) is 0 Å². The Hall–Kier alpha value is 0.130. The lowest BCUT2D eigenvalue weighted by Gasteiger charge is -2.19. The smallest absolute Gasteiger partial charge is 0.244 e. The second kappa shape index (κ2) is 4.90. The lowest BCUT2D eigenvalue weighted by molar-refractivity contribution is -0.118. The molecule has 0 aromatic rings. The molecule has 0 aliphatic rings. The summed E-state index contributed by atoms with van der Waals surface area (Å²) in [6, 6.07) is 0. The van der Waals surface area contributed by atoms with Crippen molar-refractivity contribution in [3.63, 3.8) is 0 Å². The maximum absolute atomic E-state index is 10.8. The van der Waals surface area contributed by atoms with Crippen LogP contribution in [0.4, 0.5) is 0 Å². The molecule has 0 unspecified atom stereocenters. The van der Waals surface area contributed by atoms with E-state index in [0.717, 1.165) is 11.0 Å². The first-order valence-corrected chi connectivity index (χ1v) is 5.17. The number of rotatable bonds is 3. The van der Waals surface area contributed by atoms with Crippen LogP contribution in [-0.2, 0) is 4.79 Å². The van der Waals surface area contributed by atoms with Crippen molar-refractivity contribution in [1.29, 1.82) is 0 Å². The van der Waals surface area contributed by atoms with E-state index in [4.69, 9.17) is 0 Å². The highest BCUT2D eigenvalue weighted by Gasteiger charge is 2.10. The van der Waals surface area contributed by atoms with Gasteiger partial charge in [-0.1, -0.05) is 11.7 Å². The van der Waals surface area contributed by atoms with E-state index in [2.05, 4.69) is 21.7 Å². The molecule has 2 N–H and O–H groups in total. The SMILES string of the molecule is CC(C)(C)NCC(=O)NSS. The molecule has 11 heavy (non-hydrogen) atoms. The van der Waals surface area contributed by atoms with Crippen LogP contribution in [0.1, 0.15) is 20.8 Å². The lowest BCUT2D eigenvalue weighted by atomic mass is 10.1. The molecular formula is C6H14N2OS2. The zero-order valence-electron chi connectivity index (χ0n) is 6.97. The first-order valence-electron chi connectivity index (χ1n) is 3.30. The predicted molar refractivity (Wildman–Crippen MR) is 52.5 cm³/mol. The highest BCUT2D eigenvalue weighted by atomic mass is 33.1. The monoisotopic (exact) mass is 194 g/mol. The molecule has 0 aromatic heterocycles. The second-order valence-corrected chi connectivity index (χ2v) is 4.15. The van der Waals surface area contributed by atoms with Crippen LogP contribution < -0.4 is 10.0 Å². The molecule has 0 aromatic carbocycles. The van der Waals surface area contributed by atoms with Crippen LogP contribution in [-0.4, -0.2) is 18.0 Å². The third-order valence-corrected chi connectivity index (χ3v) is 1.53. The van der Waals surface area contributed by atoms with Crippen molar-refractivity contribution in [3.05, 3.63) is 0 Å². The molecule has 0 saturated carbocycles. The first kappa shape index (κ1) is 11.1. The minimum Gasteiger partial charge on any atom is -0.304 e. The van der Waals surface area contributed by atoms with Gasteiger partial charge in [-0.05, 0) is 20.8 Å². The molecule has 0 spiro atoms. The van der Waals surface area contributed by atoms with Gasteiger partial charge in [0, 0.05) is 16.5 Å². The van der Waals surface area contributed by atoms with Gasteiger partial charge in [0.1, 0.15) is 0 Å². The molecule has 0 fully saturated rings. The van der Waals surface area contributed by atoms with Crippen LogP contribution in [0.15, 0.2) is 0 Å². The van der Waals surface area contributed by atoms with E-state index >= 15 is 0 Å². The summed E-state index contributed by atoms with van der Waals surface area (Å²) in [5.41, 5.74) is -0.0153. The molecule has 0 saturated heterocycles. The van der Waals surface area contributed by atoms with Crippen LogP contribution in [0, 0.1) is 0 Å². The average molecular weight is 194 g/mol. The van der Waals surface area contributed by atoms with Crippen molar-refractivity contribution in [1.82, 2.24) is 10.0 Å². The van der Waals surface area contributed by atoms with Crippen LogP contribution >= 0.6 is 22.6 Å². The second-order valence-electron chi connectivity index (χ2n) is 3.22. The molecule has 0 heterocycles. The van der Waals surface area contributed by atoms with Crippen molar-refractivity contribution < 1.29 is 4.79 Å². The Morgan fingerprint density at radius 1 is 1.55 bits per heavy atom. The minimum absolute atomic E-state index is 0.0153. The van der Waals surface area contributed by atoms with Gasteiger partial charge in [-0.15, -0.1) is 0 Å². The Morgan fingerprint density at radius 3 is 2.45 bits per heavy atom. The van der Waals surface area contributed by atoms with Gasteiger partial charge in [-0.2, -0.15) is 0 Å². The molecule has 0 bridgehead atoms. The Labute approximate surface area is 76.6 Å². The van der Waals surface area contributed by atoms with Crippen molar-refractivity contribution in [2.24, 2.45) is 0 Å². The summed E-state index contributed by atoms with van der Waals surface area (Å²) < 4.78 is 2.50. The van der Waals surface area contributed by atoms with Crippen molar-refractivity contribution >= 4 is 28.5 Å². The first-order chi connectivity index (χ1) is 4.95. The third kappa shape index (κ3) is 8.03. The van der Waals surface area contributed by atoms with Gasteiger partial charge in [0.05, 0.1) is 6.54 Å². The summed E-state index contributed by atoms with van der Waals surface area (Å²) in [5.74, 6) is -0.0556.